The molecule has 1 saturated heterocycles. The Kier molecular flexibility index (Phi) is 5.56. The predicted octanol–water partition coefficient (Wildman–Crippen LogP) is 5.02. The lowest BCUT2D eigenvalue weighted by Crippen LogP contribution is -2.51. The second-order valence-electron chi connectivity index (χ2n) is 7.28. The zero-order valence-electron chi connectivity index (χ0n) is 16.4. The van der Waals surface area contributed by atoms with Crippen molar-refractivity contribution in [2.75, 3.05) is 26.2 Å². The van der Waals surface area contributed by atoms with Crippen LogP contribution < -0.4 is 4.74 Å². The van der Waals surface area contributed by atoms with E-state index in [1.807, 2.05) is 52.7 Å². The van der Waals surface area contributed by atoms with Gasteiger partial charge in [-0.2, -0.15) is 0 Å². The number of hydrogen-bond acceptors (Lipinski definition) is 6. The summed E-state index contributed by atoms with van der Waals surface area (Å²) in [5, 5.41) is 2.45. The van der Waals surface area contributed by atoms with E-state index in [-0.39, 0.29) is 12.3 Å². The lowest BCUT2D eigenvalue weighted by Gasteiger charge is -2.36. The first-order valence-electron chi connectivity index (χ1n) is 9.85. The van der Waals surface area contributed by atoms with Gasteiger partial charge < -0.3 is 14.5 Å². The molecule has 0 saturated carbocycles. The van der Waals surface area contributed by atoms with E-state index >= 15 is 0 Å². The number of carbonyl (C=O) groups excluding carboxylic acids is 1. The molecular weight excluding hydrogens is 455 g/mol. The van der Waals surface area contributed by atoms with Crippen molar-refractivity contribution >= 4 is 52.0 Å². The lowest BCUT2D eigenvalue weighted by atomic mass is 10.1. The van der Waals surface area contributed by atoms with Crippen LogP contribution in [0.1, 0.15) is 11.3 Å². The van der Waals surface area contributed by atoms with Gasteiger partial charge in [0.25, 0.3) is 0 Å². The third kappa shape index (κ3) is 4.26. The van der Waals surface area contributed by atoms with Crippen molar-refractivity contribution < 1.29 is 9.53 Å². The Morgan fingerprint density at radius 1 is 1.06 bits per heavy atom. The van der Waals surface area contributed by atoms with Crippen LogP contribution in [0, 0.1) is 0 Å². The van der Waals surface area contributed by atoms with E-state index in [2.05, 4.69) is 9.88 Å². The summed E-state index contributed by atoms with van der Waals surface area (Å²) in [5.41, 5.74) is 2.33. The van der Waals surface area contributed by atoms with Gasteiger partial charge in [0.2, 0.25) is 5.91 Å². The van der Waals surface area contributed by atoms with Gasteiger partial charge in [-0.05, 0) is 30.3 Å². The van der Waals surface area contributed by atoms with E-state index in [9.17, 15) is 4.79 Å². The minimum Gasteiger partial charge on any atom is -0.454 e. The largest absolute Gasteiger partial charge is 0.454 e. The minimum absolute atomic E-state index is 0.0570. The quantitative estimate of drug-likeness (QED) is 0.525. The highest BCUT2D eigenvalue weighted by atomic mass is 35.5. The van der Waals surface area contributed by atoms with E-state index in [0.717, 1.165) is 17.1 Å². The molecule has 2 aromatic carbocycles. The number of rotatable bonds is 2. The smallest absolute Gasteiger partial charge is 0.228 e. The lowest BCUT2D eigenvalue weighted by molar-refractivity contribution is -0.131. The van der Waals surface area contributed by atoms with Crippen LogP contribution in [0.3, 0.4) is 0 Å². The summed E-state index contributed by atoms with van der Waals surface area (Å²) in [5.74, 6) is 2.28. The van der Waals surface area contributed by atoms with Crippen LogP contribution in [0.15, 0.2) is 52.8 Å². The highest BCUT2D eigenvalue weighted by Gasteiger charge is 2.28. The maximum atomic E-state index is 12.7. The van der Waals surface area contributed by atoms with Crippen LogP contribution >= 0.6 is 34.5 Å². The van der Waals surface area contributed by atoms with Gasteiger partial charge in [-0.3, -0.25) is 4.79 Å². The number of carbonyl (C=O) groups is 1. The number of thiazole rings is 1. The average molecular weight is 473 g/mol. The summed E-state index contributed by atoms with van der Waals surface area (Å²) >= 11 is 13.5. The fourth-order valence-electron chi connectivity index (χ4n) is 3.73. The normalized spacial score (nSPS) is 15.5. The number of halogens is 2. The van der Waals surface area contributed by atoms with Crippen molar-refractivity contribution in [1.82, 2.24) is 14.8 Å². The molecule has 3 heterocycles. The molecule has 1 amide bonds. The van der Waals surface area contributed by atoms with Gasteiger partial charge in [0.15, 0.2) is 10.2 Å². The van der Waals surface area contributed by atoms with Crippen molar-refractivity contribution in [2.24, 2.45) is 4.99 Å². The summed E-state index contributed by atoms with van der Waals surface area (Å²) < 4.78 is 6.58. The third-order valence-corrected chi connectivity index (χ3v) is 6.54. The maximum absolute atomic E-state index is 12.7. The Balaban J connectivity index is 1.37. The molecule has 0 N–H and O–H groups in total. The minimum atomic E-state index is 0.0570. The highest BCUT2D eigenvalue weighted by Crippen LogP contribution is 2.39. The molecule has 0 radical (unpaired) electrons. The van der Waals surface area contributed by atoms with Gasteiger partial charge in [0, 0.05) is 36.6 Å². The van der Waals surface area contributed by atoms with Crippen LogP contribution in [0.5, 0.6) is 11.5 Å². The second kappa shape index (κ2) is 8.49. The molecule has 0 aliphatic carbocycles. The molecule has 9 heteroatoms. The fraction of sp³-hybridized carbons (Fsp3) is 0.227. The van der Waals surface area contributed by atoms with Crippen molar-refractivity contribution in [1.29, 1.82) is 0 Å². The van der Waals surface area contributed by atoms with Crippen LogP contribution in [0.25, 0.3) is 0 Å². The van der Waals surface area contributed by atoms with Gasteiger partial charge in [0.1, 0.15) is 17.3 Å². The first-order chi connectivity index (χ1) is 15.1. The van der Waals surface area contributed by atoms with Crippen LogP contribution in [0.4, 0.5) is 5.69 Å². The summed E-state index contributed by atoms with van der Waals surface area (Å²) in [6.07, 6.45) is 0.268. The van der Waals surface area contributed by atoms with Crippen LogP contribution in [0.2, 0.25) is 9.49 Å². The first-order valence-corrected chi connectivity index (χ1v) is 11.5. The number of ether oxygens (including phenoxy) is 1. The Hall–Kier alpha value is -2.61. The van der Waals surface area contributed by atoms with Crippen molar-refractivity contribution in [3.8, 4) is 11.5 Å². The molecule has 0 unspecified atom stereocenters. The zero-order chi connectivity index (χ0) is 21.4. The molecule has 31 heavy (non-hydrogen) atoms. The standard InChI is InChI=1S/C22H18Cl2N4O2S/c23-14-5-6-18-16(11-14)21(26-17-3-1-2-4-19(17)30-18)28-9-7-27(8-10-28)20(29)12-15-13-31-22(24)25-15/h1-6,11,13H,7-10,12H2. The molecule has 6 nitrogen and oxygen atoms in total. The first kappa shape index (κ1) is 20.3. The Bertz CT molecular complexity index is 1170. The van der Waals surface area contributed by atoms with Gasteiger partial charge in [-0.1, -0.05) is 35.3 Å². The molecule has 3 aromatic rings. The average Bonchev–Trinajstić information content (AvgIpc) is 3.10. The van der Waals surface area contributed by atoms with Gasteiger partial charge in [-0.15, -0.1) is 11.3 Å². The molecular formula is C22H18Cl2N4O2S. The topological polar surface area (TPSA) is 58.0 Å². The number of aromatic nitrogens is 1. The number of benzene rings is 2. The third-order valence-electron chi connectivity index (χ3n) is 5.28. The summed E-state index contributed by atoms with van der Waals surface area (Å²) in [7, 11) is 0. The molecule has 2 aliphatic rings. The Labute approximate surface area is 193 Å². The molecule has 0 bridgehead atoms. The van der Waals surface area contributed by atoms with Crippen LogP contribution in [-0.4, -0.2) is 52.7 Å². The number of nitrogens with zero attached hydrogens (tertiary/aromatic N) is 4. The van der Waals surface area contributed by atoms with E-state index in [4.69, 9.17) is 32.9 Å². The van der Waals surface area contributed by atoms with Crippen molar-refractivity contribution in [3.05, 3.63) is 68.6 Å². The number of hydrogen-bond donors (Lipinski definition) is 0. The fourth-order valence-corrected chi connectivity index (χ4v) is 4.69. The van der Waals surface area contributed by atoms with Crippen molar-refractivity contribution in [2.45, 2.75) is 6.42 Å². The van der Waals surface area contributed by atoms with E-state index in [1.165, 1.54) is 11.3 Å². The molecule has 1 aromatic heterocycles. The van der Waals surface area contributed by atoms with Gasteiger partial charge in [-0.25, -0.2) is 9.98 Å². The van der Waals surface area contributed by atoms with Gasteiger partial charge >= 0.3 is 0 Å². The number of fused-ring (bicyclic) bond motifs is 2. The van der Waals surface area contributed by atoms with E-state index in [1.54, 1.807) is 0 Å². The number of aliphatic imine (C=N–C) groups is 1. The SMILES string of the molecule is O=C(Cc1csc(Cl)n1)N1CCN(C2=Nc3ccccc3Oc3ccc(Cl)cc32)CC1. The zero-order valence-corrected chi connectivity index (χ0v) is 18.8. The number of amidine groups is 1. The maximum Gasteiger partial charge on any atom is 0.228 e. The van der Waals surface area contributed by atoms with Gasteiger partial charge in [0.05, 0.1) is 17.7 Å². The summed E-state index contributed by atoms with van der Waals surface area (Å²) in [6.45, 7) is 2.54. The molecule has 1 fully saturated rings. The predicted molar refractivity (Wildman–Crippen MR) is 123 cm³/mol. The summed E-state index contributed by atoms with van der Waals surface area (Å²) in [6, 6.07) is 13.3. The molecule has 158 valence electrons. The van der Waals surface area contributed by atoms with Crippen molar-refractivity contribution in [3.63, 3.8) is 0 Å². The monoisotopic (exact) mass is 472 g/mol. The highest BCUT2D eigenvalue weighted by molar-refractivity contribution is 7.13. The van der Waals surface area contributed by atoms with Crippen LogP contribution in [-0.2, 0) is 11.2 Å². The van der Waals surface area contributed by atoms with E-state index < -0.39 is 0 Å². The Morgan fingerprint density at radius 2 is 1.87 bits per heavy atom. The van der Waals surface area contributed by atoms with E-state index in [0.29, 0.717) is 52.9 Å². The molecule has 5 rings (SSSR count). The number of para-hydroxylation sites is 2. The molecule has 0 spiro atoms. The summed E-state index contributed by atoms with van der Waals surface area (Å²) in [4.78, 5) is 25.8. The molecule has 0 atom stereocenters. The second-order valence-corrected chi connectivity index (χ2v) is 9.16. The number of piperazine rings is 1. The Morgan fingerprint density at radius 3 is 2.65 bits per heavy atom. The number of amides is 1. The molecule has 2 aliphatic heterocycles.